The van der Waals surface area contributed by atoms with Gasteiger partial charge in [-0.05, 0) is 55.3 Å². The quantitative estimate of drug-likeness (QED) is 0.0795. The van der Waals surface area contributed by atoms with Gasteiger partial charge in [-0.15, -0.1) is 0 Å². The van der Waals surface area contributed by atoms with Crippen molar-refractivity contribution in [3.8, 4) is 23.2 Å². The molecule has 13 heteroatoms. The first-order valence-corrected chi connectivity index (χ1v) is 15.4. The molecular weight excluding hydrogens is 641 g/mol. The Kier molecular flexibility index (Phi) is 11.6. The Morgan fingerprint density at radius 1 is 1.00 bits per heavy atom. The van der Waals surface area contributed by atoms with Gasteiger partial charge in [0.15, 0.2) is 5.82 Å². The monoisotopic (exact) mass is 674 g/mol. The Balaban J connectivity index is 1.39. The molecule has 254 valence electrons. The van der Waals surface area contributed by atoms with E-state index in [0.29, 0.717) is 11.3 Å². The number of aliphatic hydroxyl groups excluding tert-OH is 1. The molecule has 1 N–H and O–H groups in total. The standard InChI is InChI=1S/C36H33F3N4O6/c1-3-48-36(45)26-15-30(39)35-32(16-26)43(19-27(44)11-12-47-21-46-2)33(42-35)17-23-9-10-24(14-29(23)38)31-5-4-6-34(41-31)49-20-25-8-7-22(18-40)13-28(25)37/h4-10,13-16,27,44H,3,11-12,17,19-21H2,1-2H3/t27-/m0/s1. The number of nitriles is 1. The van der Waals surface area contributed by atoms with Crippen molar-refractivity contribution in [1.29, 1.82) is 5.26 Å². The van der Waals surface area contributed by atoms with Gasteiger partial charge >= 0.3 is 5.97 Å². The van der Waals surface area contributed by atoms with Crippen LogP contribution in [0.5, 0.6) is 5.88 Å². The maximum atomic E-state index is 15.6. The molecule has 0 fully saturated rings. The molecule has 0 spiro atoms. The van der Waals surface area contributed by atoms with Gasteiger partial charge in [0.05, 0.1) is 54.3 Å². The number of halogens is 3. The lowest BCUT2D eigenvalue weighted by Crippen LogP contribution is -2.20. The van der Waals surface area contributed by atoms with Crippen molar-refractivity contribution in [3.63, 3.8) is 0 Å². The van der Waals surface area contributed by atoms with Crippen molar-refractivity contribution in [3.05, 3.63) is 112 Å². The fourth-order valence-electron chi connectivity index (χ4n) is 5.13. The Bertz CT molecular complexity index is 1990. The number of aliphatic hydroxyl groups is 1. The number of benzene rings is 3. The molecule has 0 saturated carbocycles. The summed E-state index contributed by atoms with van der Waals surface area (Å²) in [6, 6.07) is 17.9. The van der Waals surface area contributed by atoms with Crippen molar-refractivity contribution < 1.29 is 42.0 Å². The topological polar surface area (TPSA) is 129 Å². The highest BCUT2D eigenvalue weighted by Crippen LogP contribution is 2.28. The number of pyridine rings is 1. The van der Waals surface area contributed by atoms with E-state index in [1.165, 1.54) is 31.4 Å². The molecule has 5 rings (SSSR count). The van der Waals surface area contributed by atoms with Crippen molar-refractivity contribution in [2.45, 2.75) is 39.0 Å². The lowest BCUT2D eigenvalue weighted by atomic mass is 10.1. The molecule has 49 heavy (non-hydrogen) atoms. The summed E-state index contributed by atoms with van der Waals surface area (Å²) in [5.74, 6) is -2.17. The zero-order valence-electron chi connectivity index (χ0n) is 26.8. The predicted molar refractivity (Wildman–Crippen MR) is 172 cm³/mol. The van der Waals surface area contributed by atoms with Crippen LogP contribution in [0.15, 0.2) is 66.7 Å². The molecule has 0 radical (unpaired) electrons. The largest absolute Gasteiger partial charge is 0.473 e. The lowest BCUT2D eigenvalue weighted by molar-refractivity contribution is -0.0407. The summed E-state index contributed by atoms with van der Waals surface area (Å²) in [6.07, 6.45) is -0.776. The SMILES string of the molecule is CCOC(=O)c1cc(F)c2nc(Cc3ccc(-c4cccc(OCc5ccc(C#N)cc5F)n4)cc3F)n(C[C@@H](O)CCOCOC)c2c1. The summed E-state index contributed by atoms with van der Waals surface area (Å²) in [7, 11) is 1.48. The maximum absolute atomic E-state index is 15.6. The van der Waals surface area contributed by atoms with Gasteiger partial charge in [-0.3, -0.25) is 0 Å². The normalized spacial score (nSPS) is 11.8. The average molecular weight is 675 g/mol. The van der Waals surface area contributed by atoms with Crippen LogP contribution < -0.4 is 4.74 Å². The number of hydrogen-bond acceptors (Lipinski definition) is 9. The minimum Gasteiger partial charge on any atom is -0.473 e. The van der Waals surface area contributed by atoms with Crippen LogP contribution in [-0.4, -0.2) is 58.8 Å². The molecule has 0 aliphatic carbocycles. The van der Waals surface area contributed by atoms with Crippen LogP contribution in [-0.2, 0) is 33.8 Å². The van der Waals surface area contributed by atoms with Crippen molar-refractivity contribution in [1.82, 2.24) is 14.5 Å². The third-order valence-corrected chi connectivity index (χ3v) is 7.57. The lowest BCUT2D eigenvalue weighted by Gasteiger charge is -2.16. The molecule has 0 bridgehead atoms. The number of ether oxygens (including phenoxy) is 4. The molecule has 1 atom stereocenters. The van der Waals surface area contributed by atoms with E-state index >= 15 is 8.78 Å². The Morgan fingerprint density at radius 3 is 2.53 bits per heavy atom. The first kappa shape index (κ1) is 35.0. The smallest absolute Gasteiger partial charge is 0.338 e. The van der Waals surface area contributed by atoms with Gasteiger partial charge in [0, 0.05) is 30.7 Å². The summed E-state index contributed by atoms with van der Waals surface area (Å²) in [5.41, 5.74) is 1.72. The number of hydrogen-bond donors (Lipinski definition) is 1. The van der Waals surface area contributed by atoms with Crippen LogP contribution >= 0.6 is 0 Å². The third-order valence-electron chi connectivity index (χ3n) is 7.57. The highest BCUT2D eigenvalue weighted by molar-refractivity contribution is 5.94. The second-order valence-electron chi connectivity index (χ2n) is 11.0. The Hall–Kier alpha value is -5.29. The van der Waals surface area contributed by atoms with Gasteiger partial charge in [-0.25, -0.2) is 27.9 Å². The molecular formula is C36H33F3N4O6. The van der Waals surface area contributed by atoms with Gasteiger partial charge < -0.3 is 28.6 Å². The first-order valence-electron chi connectivity index (χ1n) is 15.4. The van der Waals surface area contributed by atoms with Gasteiger partial charge in [0.2, 0.25) is 5.88 Å². The number of esters is 1. The molecule has 0 aliphatic heterocycles. The minimum absolute atomic E-state index is 0.0197. The van der Waals surface area contributed by atoms with E-state index in [2.05, 4.69) is 9.97 Å². The highest BCUT2D eigenvalue weighted by Gasteiger charge is 2.21. The average Bonchev–Trinajstić information content (AvgIpc) is 3.44. The van der Waals surface area contributed by atoms with Crippen molar-refractivity contribution >= 4 is 17.0 Å². The van der Waals surface area contributed by atoms with Gasteiger partial charge in [0.1, 0.15) is 36.4 Å². The maximum Gasteiger partial charge on any atom is 0.338 e. The zero-order valence-corrected chi connectivity index (χ0v) is 26.8. The van der Waals surface area contributed by atoms with Crippen molar-refractivity contribution in [2.75, 3.05) is 27.1 Å². The number of methoxy groups -OCH3 is 1. The van der Waals surface area contributed by atoms with E-state index in [0.717, 1.165) is 12.1 Å². The molecule has 3 aromatic carbocycles. The van der Waals surface area contributed by atoms with E-state index in [9.17, 15) is 14.3 Å². The van der Waals surface area contributed by atoms with E-state index < -0.39 is 29.5 Å². The molecule has 0 amide bonds. The summed E-state index contributed by atoms with van der Waals surface area (Å²) in [6.45, 7) is 1.83. The van der Waals surface area contributed by atoms with Crippen LogP contribution in [0.25, 0.3) is 22.3 Å². The number of rotatable bonds is 15. The molecule has 0 unspecified atom stereocenters. The zero-order chi connectivity index (χ0) is 34.9. The summed E-state index contributed by atoms with van der Waals surface area (Å²) in [4.78, 5) is 21.3. The van der Waals surface area contributed by atoms with E-state index in [1.54, 1.807) is 41.8 Å². The second kappa shape index (κ2) is 16.2. The molecule has 0 saturated heterocycles. The van der Waals surface area contributed by atoms with Crippen molar-refractivity contribution in [2.24, 2.45) is 0 Å². The summed E-state index contributed by atoms with van der Waals surface area (Å²) < 4.78 is 67.6. The van der Waals surface area contributed by atoms with E-state index in [4.69, 9.17) is 24.2 Å². The molecule has 2 heterocycles. The van der Waals surface area contributed by atoms with Crippen LogP contribution in [0.2, 0.25) is 0 Å². The number of nitrogens with zero attached hydrogens (tertiary/aromatic N) is 4. The number of fused-ring (bicyclic) bond motifs is 1. The third kappa shape index (κ3) is 8.60. The number of aromatic nitrogens is 3. The first-order chi connectivity index (χ1) is 23.7. The van der Waals surface area contributed by atoms with Crippen LogP contribution in [0, 0.1) is 28.8 Å². The van der Waals surface area contributed by atoms with Crippen LogP contribution in [0.3, 0.4) is 0 Å². The number of carbonyl (C=O) groups excluding carboxylic acids is 1. The molecule has 2 aromatic heterocycles. The van der Waals surface area contributed by atoms with Crippen LogP contribution in [0.1, 0.15) is 46.2 Å². The molecule has 5 aromatic rings. The summed E-state index contributed by atoms with van der Waals surface area (Å²) in [5, 5.41) is 19.7. The molecule has 10 nitrogen and oxygen atoms in total. The van der Waals surface area contributed by atoms with Gasteiger partial charge in [-0.1, -0.05) is 24.3 Å². The highest BCUT2D eigenvalue weighted by atomic mass is 19.1. The predicted octanol–water partition coefficient (Wildman–Crippen LogP) is 6.11. The Morgan fingerprint density at radius 2 is 1.80 bits per heavy atom. The van der Waals surface area contributed by atoms with Crippen LogP contribution in [0.4, 0.5) is 13.2 Å². The summed E-state index contributed by atoms with van der Waals surface area (Å²) >= 11 is 0. The van der Waals surface area contributed by atoms with Gasteiger partial charge in [-0.2, -0.15) is 5.26 Å². The fourth-order valence-corrected chi connectivity index (χ4v) is 5.13. The fraction of sp³-hybridized carbons (Fsp3) is 0.278. The van der Waals surface area contributed by atoms with Gasteiger partial charge in [0.25, 0.3) is 0 Å². The van der Waals surface area contributed by atoms with E-state index in [-0.39, 0.29) is 91.0 Å². The molecule has 0 aliphatic rings. The minimum atomic E-state index is -0.941. The number of imidazole rings is 1. The number of carbonyl (C=O) groups is 1. The second-order valence-corrected chi connectivity index (χ2v) is 11.0. The van der Waals surface area contributed by atoms with E-state index in [1.807, 2.05) is 6.07 Å². The Labute approximate surface area is 280 Å².